The van der Waals surface area contributed by atoms with Gasteiger partial charge in [0.1, 0.15) is 6.79 Å². The molecule has 0 saturated carbocycles. The minimum atomic E-state index is 0.146. The number of rotatable bonds is 0. The molecule has 3 aliphatic rings. The Kier molecular flexibility index (Phi) is 5.53. The third kappa shape index (κ3) is 6.23. The Bertz CT molecular complexity index is 305. The highest BCUT2D eigenvalue weighted by atomic mass is 16.7. The number of ether oxygens (including phenoxy) is 4. The maximum atomic E-state index is 5.51. The Morgan fingerprint density at radius 3 is 1.19 bits per heavy atom. The Morgan fingerprint density at radius 1 is 0.762 bits per heavy atom. The van der Waals surface area contributed by atoms with Gasteiger partial charge in [-0.2, -0.15) is 0 Å². The fourth-order valence-corrected chi connectivity index (χ4v) is 2.80. The number of hydrogen-bond donors (Lipinski definition) is 0. The zero-order chi connectivity index (χ0) is 16.5. The number of hydrogen-bond acceptors (Lipinski definition) is 4. The Balaban J connectivity index is 0.000000159. The predicted molar refractivity (Wildman–Crippen MR) is 84.5 cm³/mol. The van der Waals surface area contributed by atoms with E-state index in [1.54, 1.807) is 0 Å². The van der Waals surface area contributed by atoms with Crippen LogP contribution < -0.4 is 0 Å². The van der Waals surface area contributed by atoms with Gasteiger partial charge in [-0.1, -0.05) is 0 Å². The molecule has 126 valence electrons. The van der Waals surface area contributed by atoms with Crippen molar-refractivity contribution < 1.29 is 18.9 Å². The first-order valence-electron chi connectivity index (χ1n) is 7.86. The summed E-state index contributed by atoms with van der Waals surface area (Å²) in [6.07, 6.45) is 1.50. The fraction of sp³-hybridized carbons (Fsp3) is 1.00. The summed E-state index contributed by atoms with van der Waals surface area (Å²) in [6.45, 7) is 20.2. The van der Waals surface area contributed by atoms with E-state index in [9.17, 15) is 0 Å². The molecule has 4 nitrogen and oxygen atoms in total. The van der Waals surface area contributed by atoms with Crippen molar-refractivity contribution in [2.24, 2.45) is 0 Å². The van der Waals surface area contributed by atoms with E-state index in [4.69, 9.17) is 18.9 Å². The minimum Gasteiger partial charge on any atom is -0.369 e. The molecule has 0 aliphatic carbocycles. The van der Waals surface area contributed by atoms with Gasteiger partial charge in [0.25, 0.3) is 0 Å². The third-order valence-corrected chi connectivity index (χ3v) is 4.11. The first-order valence-corrected chi connectivity index (χ1v) is 7.86. The zero-order valence-corrected chi connectivity index (χ0v) is 15.3. The molecule has 0 spiro atoms. The maximum Gasteiger partial charge on any atom is 0.147 e. The highest BCUT2D eigenvalue weighted by Crippen LogP contribution is 2.46. The average Bonchev–Trinajstić information content (AvgIpc) is 2.59. The van der Waals surface area contributed by atoms with Gasteiger partial charge in [0.05, 0.1) is 35.1 Å². The summed E-state index contributed by atoms with van der Waals surface area (Å²) in [5, 5.41) is 0. The van der Waals surface area contributed by atoms with Crippen molar-refractivity contribution in [3.05, 3.63) is 0 Å². The SMILES string of the molecule is CC1(C)CC(C)(C)O1.CC1(C)OC1(C)C.CC1COCO1. The molecule has 3 aliphatic heterocycles. The normalized spacial score (nSPS) is 32.7. The standard InChI is InChI=1S/C7H14O.C6H12O.C4H8O2/c1-6(2)5-7(3,4)8-6;1-5(2)6(3,4)7-5;1-4-2-5-3-6-4/h5H2,1-4H3;1-4H3;4H,2-3H2,1H3. The molecule has 0 aromatic heterocycles. The van der Waals surface area contributed by atoms with Gasteiger partial charge in [0.15, 0.2) is 0 Å². The van der Waals surface area contributed by atoms with Gasteiger partial charge in [-0.05, 0) is 62.3 Å². The van der Waals surface area contributed by atoms with Crippen molar-refractivity contribution in [1.82, 2.24) is 0 Å². The minimum absolute atomic E-state index is 0.146. The third-order valence-electron chi connectivity index (χ3n) is 4.11. The Labute approximate surface area is 130 Å². The van der Waals surface area contributed by atoms with Crippen molar-refractivity contribution in [2.75, 3.05) is 13.4 Å². The van der Waals surface area contributed by atoms with E-state index in [0.717, 1.165) is 6.61 Å². The van der Waals surface area contributed by atoms with E-state index in [-0.39, 0.29) is 22.4 Å². The smallest absolute Gasteiger partial charge is 0.147 e. The first-order chi connectivity index (χ1) is 9.27. The molecule has 1 unspecified atom stereocenters. The predicted octanol–water partition coefficient (Wildman–Crippen LogP) is 3.92. The second kappa shape index (κ2) is 6.15. The van der Waals surface area contributed by atoms with Gasteiger partial charge in [0, 0.05) is 6.42 Å². The van der Waals surface area contributed by atoms with Crippen LogP contribution in [0.1, 0.15) is 68.7 Å². The second-order valence-electron chi connectivity index (χ2n) is 8.39. The topological polar surface area (TPSA) is 40.2 Å². The lowest BCUT2D eigenvalue weighted by Crippen LogP contribution is -2.52. The molecule has 21 heavy (non-hydrogen) atoms. The molecule has 3 saturated heterocycles. The van der Waals surface area contributed by atoms with Crippen LogP contribution in [-0.4, -0.2) is 41.9 Å². The van der Waals surface area contributed by atoms with Crippen LogP contribution in [0.15, 0.2) is 0 Å². The zero-order valence-electron chi connectivity index (χ0n) is 15.3. The van der Waals surface area contributed by atoms with Crippen LogP contribution in [0.2, 0.25) is 0 Å². The highest BCUT2D eigenvalue weighted by Gasteiger charge is 2.55. The molecule has 3 heterocycles. The summed E-state index contributed by atoms with van der Waals surface area (Å²) < 4.78 is 20.6. The van der Waals surface area contributed by atoms with Crippen LogP contribution in [0.3, 0.4) is 0 Å². The molecule has 0 bridgehead atoms. The van der Waals surface area contributed by atoms with E-state index >= 15 is 0 Å². The molecule has 4 heteroatoms. The molecule has 0 amide bonds. The second-order valence-corrected chi connectivity index (χ2v) is 8.39. The highest BCUT2D eigenvalue weighted by molar-refractivity contribution is 5.03. The van der Waals surface area contributed by atoms with Crippen LogP contribution in [0.4, 0.5) is 0 Å². The monoisotopic (exact) mass is 302 g/mol. The molecule has 1 atom stereocenters. The Hall–Kier alpha value is -0.160. The quantitative estimate of drug-likeness (QED) is 0.636. The summed E-state index contributed by atoms with van der Waals surface area (Å²) in [5.41, 5.74) is 0.604. The van der Waals surface area contributed by atoms with E-state index in [0.29, 0.717) is 12.9 Å². The van der Waals surface area contributed by atoms with Gasteiger partial charge in [-0.3, -0.25) is 0 Å². The van der Waals surface area contributed by atoms with Gasteiger partial charge in [-0.15, -0.1) is 0 Å². The van der Waals surface area contributed by atoms with E-state index in [1.807, 2.05) is 6.92 Å². The summed E-state index contributed by atoms with van der Waals surface area (Å²) in [5.74, 6) is 0. The van der Waals surface area contributed by atoms with Gasteiger partial charge in [-0.25, -0.2) is 0 Å². The van der Waals surface area contributed by atoms with Gasteiger partial charge in [0.2, 0.25) is 0 Å². The maximum absolute atomic E-state index is 5.51. The lowest BCUT2D eigenvalue weighted by atomic mass is 9.84. The summed E-state index contributed by atoms with van der Waals surface area (Å²) in [4.78, 5) is 0. The Morgan fingerprint density at radius 2 is 1.14 bits per heavy atom. The first kappa shape index (κ1) is 18.9. The molecule has 0 aromatic carbocycles. The van der Waals surface area contributed by atoms with Gasteiger partial charge >= 0.3 is 0 Å². The van der Waals surface area contributed by atoms with Crippen molar-refractivity contribution in [1.29, 1.82) is 0 Å². The van der Waals surface area contributed by atoms with Crippen LogP contribution in [0.5, 0.6) is 0 Å². The lowest BCUT2D eigenvalue weighted by molar-refractivity contribution is -0.237. The van der Waals surface area contributed by atoms with Crippen LogP contribution >= 0.6 is 0 Å². The summed E-state index contributed by atoms with van der Waals surface area (Å²) in [7, 11) is 0. The van der Waals surface area contributed by atoms with Crippen LogP contribution in [0, 0.1) is 0 Å². The van der Waals surface area contributed by atoms with Gasteiger partial charge < -0.3 is 18.9 Å². The van der Waals surface area contributed by atoms with E-state index in [2.05, 4.69) is 55.4 Å². The van der Waals surface area contributed by atoms with E-state index in [1.165, 1.54) is 6.42 Å². The molecule has 0 N–H and O–H groups in total. The molecule has 0 aromatic rings. The van der Waals surface area contributed by atoms with Crippen LogP contribution in [-0.2, 0) is 18.9 Å². The van der Waals surface area contributed by atoms with Crippen molar-refractivity contribution in [2.45, 2.75) is 97.2 Å². The van der Waals surface area contributed by atoms with Crippen LogP contribution in [0.25, 0.3) is 0 Å². The van der Waals surface area contributed by atoms with Crippen molar-refractivity contribution >= 4 is 0 Å². The largest absolute Gasteiger partial charge is 0.369 e. The average molecular weight is 302 g/mol. The summed E-state index contributed by atoms with van der Waals surface area (Å²) >= 11 is 0. The molecular formula is C17H34O4. The fourth-order valence-electron chi connectivity index (χ4n) is 2.80. The molecule has 3 rings (SSSR count). The lowest BCUT2D eigenvalue weighted by Gasteiger charge is -2.49. The van der Waals surface area contributed by atoms with E-state index < -0.39 is 0 Å². The van der Waals surface area contributed by atoms with Crippen molar-refractivity contribution in [3.8, 4) is 0 Å². The molecule has 3 fully saturated rings. The molecular weight excluding hydrogens is 268 g/mol. The summed E-state index contributed by atoms with van der Waals surface area (Å²) in [6, 6.07) is 0. The van der Waals surface area contributed by atoms with Crippen molar-refractivity contribution in [3.63, 3.8) is 0 Å². The number of epoxide rings is 1. The molecule has 0 radical (unpaired) electrons.